The minimum absolute atomic E-state index is 0.0125. The Morgan fingerprint density at radius 3 is 2.76 bits per heavy atom. The molecule has 1 aromatic carbocycles. The van der Waals surface area contributed by atoms with Gasteiger partial charge in [0.2, 0.25) is 0 Å². The van der Waals surface area contributed by atoms with Crippen LogP contribution in [0.25, 0.3) is 0 Å². The monoisotopic (exact) mass is 353 g/mol. The van der Waals surface area contributed by atoms with Gasteiger partial charge in [-0.1, -0.05) is 0 Å². The molecule has 0 saturated heterocycles. The van der Waals surface area contributed by atoms with Gasteiger partial charge in [-0.15, -0.1) is 0 Å². The zero-order chi connectivity index (χ0) is 15.2. The van der Waals surface area contributed by atoms with Crippen molar-refractivity contribution < 1.29 is 14.1 Å². The Balaban J connectivity index is 1.81. The highest BCUT2D eigenvalue weighted by Crippen LogP contribution is 2.26. The third kappa shape index (κ3) is 4.06. The zero-order valence-electron chi connectivity index (χ0n) is 10.8. The van der Waals surface area contributed by atoms with Crippen molar-refractivity contribution in [2.45, 2.75) is 0 Å². The van der Waals surface area contributed by atoms with Gasteiger partial charge < -0.3 is 15.1 Å². The topological polar surface area (TPSA) is 97.4 Å². The minimum atomic E-state index is -0.460. The highest BCUT2D eigenvalue weighted by molar-refractivity contribution is 9.10. The molecule has 0 fully saturated rings. The first-order valence-electron chi connectivity index (χ1n) is 6.07. The van der Waals surface area contributed by atoms with Crippen LogP contribution in [0.4, 0.5) is 11.4 Å². The predicted molar refractivity (Wildman–Crippen MR) is 80.3 cm³/mol. The second-order valence-corrected chi connectivity index (χ2v) is 4.94. The molecule has 0 atom stereocenters. The largest absolute Gasteiger partial charge is 0.459 e. The first-order chi connectivity index (χ1) is 10.1. The fourth-order valence-electron chi connectivity index (χ4n) is 1.63. The van der Waals surface area contributed by atoms with Gasteiger partial charge in [0.25, 0.3) is 11.6 Å². The van der Waals surface area contributed by atoms with Crippen LogP contribution in [-0.2, 0) is 0 Å². The standard InChI is InChI=1S/C13H12BrN3O4/c14-10-8-9(17(19)20)3-4-11(10)15-5-6-16-13(18)12-2-1-7-21-12/h1-4,7-8,15H,5-6H2,(H,16,18). The summed E-state index contributed by atoms with van der Waals surface area (Å²) in [4.78, 5) is 21.7. The Hall–Kier alpha value is -2.35. The molecule has 0 aliphatic rings. The Bertz CT molecular complexity index is 643. The molecule has 1 heterocycles. The van der Waals surface area contributed by atoms with Crippen molar-refractivity contribution in [1.29, 1.82) is 0 Å². The molecule has 0 aliphatic heterocycles. The number of hydrogen-bond acceptors (Lipinski definition) is 5. The van der Waals surface area contributed by atoms with E-state index < -0.39 is 4.92 Å². The van der Waals surface area contributed by atoms with Gasteiger partial charge >= 0.3 is 0 Å². The van der Waals surface area contributed by atoms with E-state index in [0.29, 0.717) is 23.2 Å². The molecular weight excluding hydrogens is 342 g/mol. The van der Waals surface area contributed by atoms with E-state index in [9.17, 15) is 14.9 Å². The fourth-order valence-corrected chi connectivity index (χ4v) is 2.14. The van der Waals surface area contributed by atoms with E-state index in [1.807, 2.05) is 0 Å². The second-order valence-electron chi connectivity index (χ2n) is 4.08. The molecule has 1 aromatic heterocycles. The molecule has 0 unspecified atom stereocenters. The van der Waals surface area contributed by atoms with Crippen LogP contribution in [0, 0.1) is 10.1 Å². The first kappa shape index (κ1) is 15.0. The number of anilines is 1. The van der Waals surface area contributed by atoms with Gasteiger partial charge in [-0.2, -0.15) is 0 Å². The predicted octanol–water partition coefficient (Wildman–Crippen LogP) is 2.79. The summed E-state index contributed by atoms with van der Waals surface area (Å²) < 4.78 is 5.55. The van der Waals surface area contributed by atoms with E-state index in [1.165, 1.54) is 18.4 Å². The Morgan fingerprint density at radius 1 is 1.33 bits per heavy atom. The molecule has 21 heavy (non-hydrogen) atoms. The summed E-state index contributed by atoms with van der Waals surface area (Å²) in [6.07, 6.45) is 1.43. The molecule has 0 bridgehead atoms. The van der Waals surface area contributed by atoms with Crippen LogP contribution in [0.15, 0.2) is 45.5 Å². The lowest BCUT2D eigenvalue weighted by atomic mass is 10.3. The molecule has 0 spiro atoms. The smallest absolute Gasteiger partial charge is 0.287 e. The normalized spacial score (nSPS) is 10.1. The number of non-ortho nitro benzene ring substituents is 1. The molecule has 7 nitrogen and oxygen atoms in total. The molecular formula is C13H12BrN3O4. The number of halogens is 1. The highest BCUT2D eigenvalue weighted by Gasteiger charge is 2.09. The average Bonchev–Trinajstić information content (AvgIpc) is 2.98. The molecule has 0 aliphatic carbocycles. The number of carbonyl (C=O) groups excluding carboxylic acids is 1. The number of furan rings is 1. The number of nitrogens with one attached hydrogen (secondary N) is 2. The van der Waals surface area contributed by atoms with E-state index in [0.717, 1.165) is 0 Å². The maximum Gasteiger partial charge on any atom is 0.287 e. The van der Waals surface area contributed by atoms with Gasteiger partial charge in [-0.3, -0.25) is 14.9 Å². The van der Waals surface area contributed by atoms with Crippen LogP contribution >= 0.6 is 15.9 Å². The Morgan fingerprint density at radius 2 is 2.14 bits per heavy atom. The number of amides is 1. The van der Waals surface area contributed by atoms with Crippen LogP contribution in [0.3, 0.4) is 0 Å². The number of carbonyl (C=O) groups is 1. The van der Waals surface area contributed by atoms with Crippen LogP contribution in [0.1, 0.15) is 10.6 Å². The van der Waals surface area contributed by atoms with E-state index >= 15 is 0 Å². The lowest BCUT2D eigenvalue weighted by molar-refractivity contribution is -0.384. The number of nitro benzene ring substituents is 1. The maximum atomic E-state index is 11.6. The zero-order valence-corrected chi connectivity index (χ0v) is 12.4. The molecule has 8 heteroatoms. The van der Waals surface area contributed by atoms with Gasteiger partial charge in [-0.05, 0) is 34.1 Å². The maximum absolute atomic E-state index is 11.6. The summed E-state index contributed by atoms with van der Waals surface area (Å²) in [5, 5.41) is 16.4. The molecule has 1 amide bonds. The first-order valence-corrected chi connectivity index (χ1v) is 6.87. The minimum Gasteiger partial charge on any atom is -0.459 e. The lowest BCUT2D eigenvalue weighted by Gasteiger charge is -2.08. The summed E-state index contributed by atoms with van der Waals surface area (Å²) in [6.45, 7) is 0.867. The van der Waals surface area contributed by atoms with Gasteiger partial charge in [0.15, 0.2) is 5.76 Å². The summed E-state index contributed by atoms with van der Waals surface area (Å²) in [5.74, 6) is -0.0314. The van der Waals surface area contributed by atoms with Crippen molar-refractivity contribution in [2.75, 3.05) is 18.4 Å². The van der Waals surface area contributed by atoms with E-state index in [-0.39, 0.29) is 17.4 Å². The molecule has 0 radical (unpaired) electrons. The molecule has 2 N–H and O–H groups in total. The van der Waals surface area contributed by atoms with Crippen LogP contribution in [0.5, 0.6) is 0 Å². The fraction of sp³-hybridized carbons (Fsp3) is 0.154. The quantitative estimate of drug-likeness (QED) is 0.472. The molecule has 110 valence electrons. The van der Waals surface area contributed by atoms with Crippen molar-refractivity contribution in [3.8, 4) is 0 Å². The van der Waals surface area contributed by atoms with Crippen molar-refractivity contribution in [3.05, 3.63) is 56.9 Å². The van der Waals surface area contributed by atoms with Gasteiger partial charge in [0.1, 0.15) is 0 Å². The van der Waals surface area contributed by atoms with Crippen molar-refractivity contribution in [2.24, 2.45) is 0 Å². The molecule has 2 rings (SSSR count). The average molecular weight is 354 g/mol. The van der Waals surface area contributed by atoms with E-state index in [4.69, 9.17) is 4.42 Å². The lowest BCUT2D eigenvalue weighted by Crippen LogP contribution is -2.28. The van der Waals surface area contributed by atoms with Gasteiger partial charge in [-0.25, -0.2) is 0 Å². The molecule has 0 saturated carbocycles. The van der Waals surface area contributed by atoms with Crippen LogP contribution in [0.2, 0.25) is 0 Å². The number of hydrogen-bond donors (Lipinski definition) is 2. The van der Waals surface area contributed by atoms with E-state index in [2.05, 4.69) is 26.6 Å². The number of benzene rings is 1. The van der Waals surface area contributed by atoms with Crippen molar-refractivity contribution in [1.82, 2.24) is 5.32 Å². The second kappa shape index (κ2) is 6.89. The van der Waals surface area contributed by atoms with E-state index in [1.54, 1.807) is 18.2 Å². The number of rotatable bonds is 6. The van der Waals surface area contributed by atoms with Crippen LogP contribution in [-0.4, -0.2) is 23.9 Å². The SMILES string of the molecule is O=C(NCCNc1ccc([N+](=O)[O-])cc1Br)c1ccco1. The Labute approximate surface area is 128 Å². The highest BCUT2D eigenvalue weighted by atomic mass is 79.9. The summed E-state index contributed by atoms with van der Waals surface area (Å²) >= 11 is 3.26. The third-order valence-electron chi connectivity index (χ3n) is 2.63. The molecule has 2 aromatic rings. The van der Waals surface area contributed by atoms with Crippen molar-refractivity contribution in [3.63, 3.8) is 0 Å². The summed E-state index contributed by atoms with van der Waals surface area (Å²) in [6, 6.07) is 7.66. The number of nitrogens with zero attached hydrogens (tertiary/aromatic N) is 1. The summed E-state index contributed by atoms with van der Waals surface area (Å²) in [5.41, 5.74) is 0.728. The Kier molecular flexibility index (Phi) is 4.94. The van der Waals surface area contributed by atoms with Crippen molar-refractivity contribution >= 4 is 33.2 Å². The number of nitro groups is 1. The van der Waals surface area contributed by atoms with Crippen LogP contribution < -0.4 is 10.6 Å². The van der Waals surface area contributed by atoms with Gasteiger partial charge in [0, 0.05) is 35.4 Å². The third-order valence-corrected chi connectivity index (χ3v) is 3.29. The van der Waals surface area contributed by atoms with Gasteiger partial charge in [0.05, 0.1) is 11.2 Å². The summed E-state index contributed by atoms with van der Waals surface area (Å²) in [7, 11) is 0.